The van der Waals surface area contributed by atoms with Gasteiger partial charge in [0.1, 0.15) is 0 Å². The van der Waals surface area contributed by atoms with Crippen molar-refractivity contribution in [3.8, 4) is 0 Å². The second-order valence-corrected chi connectivity index (χ2v) is 9.19. The van der Waals surface area contributed by atoms with Gasteiger partial charge in [-0.05, 0) is 89.9 Å². The van der Waals surface area contributed by atoms with Crippen LogP contribution in [0.2, 0.25) is 0 Å². The summed E-state index contributed by atoms with van der Waals surface area (Å²) in [6.45, 7) is 3.37. The summed E-state index contributed by atoms with van der Waals surface area (Å²) in [6.07, 6.45) is 5.87. The van der Waals surface area contributed by atoms with E-state index in [9.17, 15) is 0 Å². The molecule has 3 aliphatic carbocycles. The van der Waals surface area contributed by atoms with E-state index in [1.54, 1.807) is 6.42 Å². The van der Waals surface area contributed by atoms with E-state index in [0.29, 0.717) is 0 Å². The monoisotopic (exact) mass is 339 g/mol. The molecule has 0 saturated heterocycles. The first-order valence-corrected chi connectivity index (χ1v) is 9.36. The van der Waals surface area contributed by atoms with E-state index in [1.165, 1.54) is 27.9 Å². The first-order chi connectivity index (χ1) is 9.28. The van der Waals surface area contributed by atoms with Crippen molar-refractivity contribution in [3.63, 3.8) is 0 Å². The lowest BCUT2D eigenvalue weighted by molar-refractivity contribution is 0.367. The second kappa shape index (κ2) is 4.85. The fraction of sp³-hybridized carbons (Fsp3) is 0.750. The molecule has 1 aromatic rings. The van der Waals surface area contributed by atoms with E-state index in [0.717, 1.165) is 42.2 Å². The van der Waals surface area contributed by atoms with E-state index in [4.69, 9.17) is 0 Å². The lowest BCUT2D eigenvalue weighted by atomic mass is 9.95. The van der Waals surface area contributed by atoms with Crippen LogP contribution in [-0.4, -0.2) is 12.6 Å². The van der Waals surface area contributed by atoms with Crippen LogP contribution in [0.3, 0.4) is 0 Å². The van der Waals surface area contributed by atoms with Gasteiger partial charge in [-0.25, -0.2) is 0 Å². The third-order valence-corrected chi connectivity index (χ3v) is 7.42. The standard InChI is InChI=1S/C16H22BrNS/c1-2-18-12(8-11-5-6-13(17)19-11)16-14-9-3-4-10(7-9)15(14)16/h5-6,9-10,12,14-16,18H,2-4,7-8H2,1H3. The Bertz CT molecular complexity index is 455. The average molecular weight is 340 g/mol. The van der Waals surface area contributed by atoms with E-state index >= 15 is 0 Å². The van der Waals surface area contributed by atoms with Crippen molar-refractivity contribution in [3.05, 3.63) is 20.8 Å². The first kappa shape index (κ1) is 12.8. The van der Waals surface area contributed by atoms with Crippen LogP contribution < -0.4 is 5.32 Å². The molecular formula is C16H22BrNS. The van der Waals surface area contributed by atoms with E-state index in [-0.39, 0.29) is 0 Å². The zero-order chi connectivity index (χ0) is 13.0. The molecule has 104 valence electrons. The van der Waals surface area contributed by atoms with Gasteiger partial charge < -0.3 is 5.32 Å². The molecule has 5 unspecified atom stereocenters. The minimum Gasteiger partial charge on any atom is -0.314 e. The summed E-state index contributed by atoms with van der Waals surface area (Å²) in [7, 11) is 0. The van der Waals surface area contributed by atoms with E-state index in [1.807, 2.05) is 11.3 Å². The quantitative estimate of drug-likeness (QED) is 0.842. The molecule has 3 heteroatoms. The highest BCUT2D eigenvalue weighted by atomic mass is 79.9. The maximum absolute atomic E-state index is 3.79. The summed E-state index contributed by atoms with van der Waals surface area (Å²) in [5, 5.41) is 3.79. The van der Waals surface area contributed by atoms with Crippen LogP contribution in [0, 0.1) is 29.6 Å². The van der Waals surface area contributed by atoms with Gasteiger partial charge in [0, 0.05) is 10.9 Å². The Morgan fingerprint density at radius 1 is 1.32 bits per heavy atom. The number of rotatable bonds is 5. The lowest BCUT2D eigenvalue weighted by Gasteiger charge is -2.21. The highest BCUT2D eigenvalue weighted by Crippen LogP contribution is 2.70. The summed E-state index contributed by atoms with van der Waals surface area (Å²) in [5.74, 6) is 5.36. The third kappa shape index (κ3) is 2.13. The van der Waals surface area contributed by atoms with E-state index < -0.39 is 0 Å². The van der Waals surface area contributed by atoms with Crippen molar-refractivity contribution in [2.75, 3.05) is 6.54 Å². The molecule has 0 radical (unpaired) electrons. The summed E-state index contributed by atoms with van der Waals surface area (Å²) >= 11 is 5.50. The number of thiophene rings is 1. The van der Waals surface area contributed by atoms with Gasteiger partial charge in [-0.2, -0.15) is 0 Å². The molecule has 1 heterocycles. The molecule has 1 aromatic heterocycles. The van der Waals surface area contributed by atoms with Crippen molar-refractivity contribution < 1.29 is 0 Å². The van der Waals surface area contributed by atoms with Gasteiger partial charge in [0.25, 0.3) is 0 Å². The smallest absolute Gasteiger partial charge is 0.0701 e. The molecular weight excluding hydrogens is 318 g/mol. The first-order valence-electron chi connectivity index (χ1n) is 7.75. The van der Waals surface area contributed by atoms with Crippen molar-refractivity contribution in [2.24, 2.45) is 29.6 Å². The molecule has 19 heavy (non-hydrogen) atoms. The van der Waals surface area contributed by atoms with Crippen LogP contribution in [-0.2, 0) is 6.42 Å². The summed E-state index contributed by atoms with van der Waals surface area (Å²) in [6, 6.07) is 5.22. The SMILES string of the molecule is CCNC(Cc1ccc(Br)s1)C1C2C3CCC(C3)C21. The summed E-state index contributed by atoms with van der Waals surface area (Å²) in [4.78, 5) is 1.54. The number of hydrogen-bond acceptors (Lipinski definition) is 2. The molecule has 5 atom stereocenters. The average Bonchev–Trinajstić information content (AvgIpc) is 2.74. The topological polar surface area (TPSA) is 12.0 Å². The highest BCUT2D eigenvalue weighted by Gasteiger charge is 2.66. The molecule has 3 fully saturated rings. The van der Waals surface area contributed by atoms with Crippen LogP contribution in [0.15, 0.2) is 15.9 Å². The van der Waals surface area contributed by atoms with Crippen LogP contribution in [0.4, 0.5) is 0 Å². The van der Waals surface area contributed by atoms with E-state index in [2.05, 4.69) is 40.3 Å². The second-order valence-electron chi connectivity index (χ2n) is 6.64. The van der Waals surface area contributed by atoms with Crippen molar-refractivity contribution >= 4 is 27.3 Å². The Morgan fingerprint density at radius 2 is 2.05 bits per heavy atom. The van der Waals surface area contributed by atoms with Crippen molar-refractivity contribution in [1.82, 2.24) is 5.32 Å². The fourth-order valence-corrected chi connectivity index (χ4v) is 6.76. The largest absolute Gasteiger partial charge is 0.314 e. The van der Waals surface area contributed by atoms with Gasteiger partial charge in [0.2, 0.25) is 0 Å². The lowest BCUT2D eigenvalue weighted by Crippen LogP contribution is -2.35. The molecule has 3 saturated carbocycles. The normalized spacial score (nSPS) is 40.4. The molecule has 3 aliphatic rings. The number of nitrogens with one attached hydrogen (secondary N) is 1. The molecule has 1 nitrogen and oxygen atoms in total. The van der Waals surface area contributed by atoms with Gasteiger partial charge in [0.05, 0.1) is 3.79 Å². The van der Waals surface area contributed by atoms with Gasteiger partial charge in [-0.3, -0.25) is 0 Å². The van der Waals surface area contributed by atoms with Crippen LogP contribution in [0.1, 0.15) is 31.1 Å². The van der Waals surface area contributed by atoms with Gasteiger partial charge in [0.15, 0.2) is 0 Å². The molecule has 2 bridgehead atoms. The van der Waals surface area contributed by atoms with Gasteiger partial charge in [-0.1, -0.05) is 6.92 Å². The predicted octanol–water partition coefficient (Wildman–Crippen LogP) is 4.32. The Hall–Kier alpha value is 0.140. The molecule has 0 amide bonds. The minimum absolute atomic E-state index is 0.731. The molecule has 0 aliphatic heterocycles. The van der Waals surface area contributed by atoms with Crippen LogP contribution >= 0.6 is 27.3 Å². The molecule has 1 N–H and O–H groups in total. The van der Waals surface area contributed by atoms with Crippen LogP contribution in [0.25, 0.3) is 0 Å². The fourth-order valence-electron chi connectivity index (χ4n) is 5.22. The number of halogens is 1. The summed E-state index contributed by atoms with van der Waals surface area (Å²) in [5.41, 5.74) is 0. The Morgan fingerprint density at radius 3 is 2.63 bits per heavy atom. The number of hydrogen-bond donors (Lipinski definition) is 1. The number of likely N-dealkylation sites (N-methyl/N-ethyl adjacent to an activating group) is 1. The number of fused-ring (bicyclic) bond motifs is 5. The maximum atomic E-state index is 3.79. The summed E-state index contributed by atoms with van der Waals surface area (Å²) < 4.78 is 1.27. The maximum Gasteiger partial charge on any atom is 0.0701 e. The molecule has 0 aromatic carbocycles. The van der Waals surface area contributed by atoms with Crippen molar-refractivity contribution in [2.45, 2.75) is 38.6 Å². The van der Waals surface area contributed by atoms with Crippen molar-refractivity contribution in [1.29, 1.82) is 0 Å². The predicted molar refractivity (Wildman–Crippen MR) is 84.5 cm³/mol. The third-order valence-electron chi connectivity index (χ3n) is 5.78. The molecule has 0 spiro atoms. The molecule has 4 rings (SSSR count). The van der Waals surface area contributed by atoms with Gasteiger partial charge >= 0.3 is 0 Å². The van der Waals surface area contributed by atoms with Crippen LogP contribution in [0.5, 0.6) is 0 Å². The Labute approximate surface area is 128 Å². The Kier molecular flexibility index (Phi) is 3.28. The van der Waals surface area contributed by atoms with Gasteiger partial charge in [-0.15, -0.1) is 11.3 Å². The Balaban J connectivity index is 1.47. The minimum atomic E-state index is 0.731. The zero-order valence-corrected chi connectivity index (χ0v) is 13.8. The highest BCUT2D eigenvalue weighted by molar-refractivity contribution is 9.11. The zero-order valence-electron chi connectivity index (χ0n) is 11.4.